The standard InChI is InChI=1S/C46H28O/c1-2-13-29(14-3-1)30-15-10-16-31(27-30)33-18-4-5-19-34(33)44-35-20-6-8-22-37(35)45(38-23-9-7-21-36(38)44)40-28-32-17-11-25-41-43(32)46-39(40)24-12-26-42(46)47-41/h1-28H. The van der Waals surface area contributed by atoms with Gasteiger partial charge < -0.3 is 4.42 Å². The summed E-state index contributed by atoms with van der Waals surface area (Å²) < 4.78 is 6.35. The van der Waals surface area contributed by atoms with E-state index < -0.39 is 0 Å². The normalized spacial score (nSPS) is 11.8. The van der Waals surface area contributed by atoms with Gasteiger partial charge in [-0.3, -0.25) is 0 Å². The van der Waals surface area contributed by atoms with E-state index in [1.807, 2.05) is 0 Å². The zero-order chi connectivity index (χ0) is 30.9. The second kappa shape index (κ2) is 10.2. The van der Waals surface area contributed by atoms with Gasteiger partial charge in [-0.15, -0.1) is 0 Å². The average molecular weight is 597 g/mol. The molecule has 1 heteroatoms. The molecule has 0 unspecified atom stereocenters. The van der Waals surface area contributed by atoms with Crippen molar-refractivity contribution >= 4 is 54.3 Å². The summed E-state index contributed by atoms with van der Waals surface area (Å²) in [4.78, 5) is 0. The van der Waals surface area contributed by atoms with E-state index in [4.69, 9.17) is 4.42 Å². The van der Waals surface area contributed by atoms with Gasteiger partial charge in [0.25, 0.3) is 0 Å². The Hall–Kier alpha value is -6.18. The lowest BCUT2D eigenvalue weighted by Gasteiger charge is -2.21. The molecule has 1 nitrogen and oxygen atoms in total. The molecule has 0 saturated carbocycles. The first kappa shape index (κ1) is 26.1. The average Bonchev–Trinajstić information content (AvgIpc) is 3.53. The molecule has 1 aromatic heterocycles. The predicted octanol–water partition coefficient (Wildman–Crippen LogP) is 13.2. The van der Waals surface area contributed by atoms with E-state index in [1.165, 1.54) is 87.6 Å². The maximum Gasteiger partial charge on any atom is 0.136 e. The Morgan fingerprint density at radius 1 is 0.298 bits per heavy atom. The summed E-state index contributed by atoms with van der Waals surface area (Å²) in [5.74, 6) is 0. The highest BCUT2D eigenvalue weighted by Gasteiger charge is 2.22. The van der Waals surface area contributed by atoms with Crippen LogP contribution in [0.3, 0.4) is 0 Å². The molecule has 47 heavy (non-hydrogen) atoms. The fourth-order valence-electron chi connectivity index (χ4n) is 7.84. The van der Waals surface area contributed by atoms with Crippen molar-refractivity contribution < 1.29 is 4.42 Å². The lowest BCUT2D eigenvalue weighted by molar-refractivity contribution is 0.669. The van der Waals surface area contributed by atoms with Crippen molar-refractivity contribution in [3.8, 4) is 44.5 Å². The minimum absolute atomic E-state index is 0.937. The summed E-state index contributed by atoms with van der Waals surface area (Å²) >= 11 is 0. The Balaban J connectivity index is 1.29. The molecule has 10 aromatic rings. The van der Waals surface area contributed by atoms with Crippen LogP contribution in [0.25, 0.3) is 98.8 Å². The van der Waals surface area contributed by atoms with Crippen LogP contribution in [0.5, 0.6) is 0 Å². The molecular weight excluding hydrogens is 569 g/mol. The Kier molecular flexibility index (Phi) is 5.64. The predicted molar refractivity (Wildman–Crippen MR) is 199 cm³/mol. The molecule has 0 saturated heterocycles. The number of furan rings is 1. The fourth-order valence-corrected chi connectivity index (χ4v) is 7.84. The van der Waals surface area contributed by atoms with E-state index in [2.05, 4.69) is 170 Å². The van der Waals surface area contributed by atoms with Crippen LogP contribution in [0.15, 0.2) is 174 Å². The van der Waals surface area contributed by atoms with E-state index >= 15 is 0 Å². The van der Waals surface area contributed by atoms with Gasteiger partial charge in [-0.1, -0.05) is 146 Å². The molecule has 0 fully saturated rings. The van der Waals surface area contributed by atoms with Crippen LogP contribution >= 0.6 is 0 Å². The second-order valence-corrected chi connectivity index (χ2v) is 12.4. The molecule has 0 aliphatic heterocycles. The van der Waals surface area contributed by atoms with Crippen LogP contribution in [-0.2, 0) is 0 Å². The molecular formula is C46H28O. The van der Waals surface area contributed by atoms with Gasteiger partial charge >= 0.3 is 0 Å². The number of hydrogen-bond acceptors (Lipinski definition) is 1. The summed E-state index contributed by atoms with van der Waals surface area (Å²) in [6, 6.07) is 61.6. The summed E-state index contributed by atoms with van der Waals surface area (Å²) in [5, 5.41) is 9.83. The van der Waals surface area contributed by atoms with Crippen molar-refractivity contribution in [2.75, 3.05) is 0 Å². The van der Waals surface area contributed by atoms with E-state index in [-0.39, 0.29) is 0 Å². The van der Waals surface area contributed by atoms with Gasteiger partial charge in [0, 0.05) is 10.8 Å². The van der Waals surface area contributed by atoms with Gasteiger partial charge in [-0.25, -0.2) is 0 Å². The number of hydrogen-bond donors (Lipinski definition) is 0. The Morgan fingerprint density at radius 2 is 0.809 bits per heavy atom. The minimum Gasteiger partial charge on any atom is -0.456 e. The molecule has 0 N–H and O–H groups in total. The molecule has 0 spiro atoms. The van der Waals surface area contributed by atoms with Crippen molar-refractivity contribution in [2.45, 2.75) is 0 Å². The van der Waals surface area contributed by atoms with Gasteiger partial charge in [0.15, 0.2) is 0 Å². The van der Waals surface area contributed by atoms with E-state index in [0.717, 1.165) is 11.2 Å². The van der Waals surface area contributed by atoms with Gasteiger partial charge in [0.2, 0.25) is 0 Å². The molecule has 0 radical (unpaired) electrons. The number of rotatable bonds is 4. The van der Waals surface area contributed by atoms with Crippen LogP contribution in [0.4, 0.5) is 0 Å². The van der Waals surface area contributed by atoms with Crippen molar-refractivity contribution in [2.24, 2.45) is 0 Å². The highest BCUT2D eigenvalue weighted by molar-refractivity contribution is 6.30. The monoisotopic (exact) mass is 596 g/mol. The van der Waals surface area contributed by atoms with Gasteiger partial charge in [0.1, 0.15) is 11.2 Å². The Bertz CT molecular complexity index is 2730. The summed E-state index contributed by atoms with van der Waals surface area (Å²) in [6.45, 7) is 0. The fraction of sp³-hybridized carbons (Fsp3) is 0. The first-order chi connectivity index (χ1) is 23.3. The van der Waals surface area contributed by atoms with E-state index in [1.54, 1.807) is 0 Å². The largest absolute Gasteiger partial charge is 0.456 e. The molecule has 10 rings (SSSR count). The third-order valence-electron chi connectivity index (χ3n) is 9.82. The van der Waals surface area contributed by atoms with Crippen LogP contribution in [0.1, 0.15) is 0 Å². The molecule has 0 aliphatic rings. The zero-order valence-electron chi connectivity index (χ0n) is 25.6. The van der Waals surface area contributed by atoms with Crippen molar-refractivity contribution in [1.29, 1.82) is 0 Å². The minimum atomic E-state index is 0.937. The SMILES string of the molecule is c1ccc(-c2cccc(-c3ccccc3-c3c4ccccc4c(-c4cc5cccc6oc7cccc4c7c56)c4ccccc34)c2)cc1. The van der Waals surface area contributed by atoms with Crippen molar-refractivity contribution in [1.82, 2.24) is 0 Å². The quantitative estimate of drug-likeness (QED) is 0.145. The smallest absolute Gasteiger partial charge is 0.136 e. The zero-order valence-corrected chi connectivity index (χ0v) is 25.6. The first-order valence-electron chi connectivity index (χ1n) is 16.2. The van der Waals surface area contributed by atoms with Crippen LogP contribution in [-0.4, -0.2) is 0 Å². The van der Waals surface area contributed by atoms with E-state index in [9.17, 15) is 0 Å². The Labute approximate surface area is 272 Å². The highest BCUT2D eigenvalue weighted by Crippen LogP contribution is 2.49. The first-order valence-corrected chi connectivity index (χ1v) is 16.2. The number of fused-ring (bicyclic) bond motifs is 2. The third kappa shape index (κ3) is 3.90. The molecule has 218 valence electrons. The van der Waals surface area contributed by atoms with Crippen molar-refractivity contribution in [3.05, 3.63) is 170 Å². The van der Waals surface area contributed by atoms with Crippen LogP contribution in [0, 0.1) is 0 Å². The third-order valence-corrected chi connectivity index (χ3v) is 9.82. The summed E-state index contributed by atoms with van der Waals surface area (Å²) in [6.07, 6.45) is 0. The molecule has 0 atom stereocenters. The lowest BCUT2D eigenvalue weighted by Crippen LogP contribution is -1.93. The van der Waals surface area contributed by atoms with Gasteiger partial charge in [-0.2, -0.15) is 0 Å². The highest BCUT2D eigenvalue weighted by atomic mass is 16.3. The Morgan fingerprint density at radius 3 is 1.53 bits per heavy atom. The summed E-state index contributed by atoms with van der Waals surface area (Å²) in [7, 11) is 0. The maximum atomic E-state index is 6.35. The molecule has 0 amide bonds. The van der Waals surface area contributed by atoms with Crippen LogP contribution < -0.4 is 0 Å². The summed E-state index contributed by atoms with van der Waals surface area (Å²) in [5.41, 5.74) is 11.8. The van der Waals surface area contributed by atoms with E-state index in [0.29, 0.717) is 0 Å². The lowest BCUT2D eigenvalue weighted by atomic mass is 9.82. The van der Waals surface area contributed by atoms with Crippen molar-refractivity contribution in [3.63, 3.8) is 0 Å². The molecule has 0 bridgehead atoms. The van der Waals surface area contributed by atoms with Gasteiger partial charge in [-0.05, 0) is 101 Å². The number of benzene rings is 9. The van der Waals surface area contributed by atoms with Crippen LogP contribution in [0.2, 0.25) is 0 Å². The molecule has 0 aliphatic carbocycles. The topological polar surface area (TPSA) is 13.1 Å². The molecule has 1 heterocycles. The molecule has 9 aromatic carbocycles. The maximum absolute atomic E-state index is 6.35. The van der Waals surface area contributed by atoms with Gasteiger partial charge in [0.05, 0.1) is 0 Å². The second-order valence-electron chi connectivity index (χ2n) is 12.4.